The lowest BCUT2D eigenvalue weighted by Crippen LogP contribution is -2.57. The highest BCUT2D eigenvalue weighted by Crippen LogP contribution is 2.34. The van der Waals surface area contributed by atoms with Crippen LogP contribution in [0.2, 0.25) is 0 Å². The van der Waals surface area contributed by atoms with Crippen molar-refractivity contribution in [3.8, 4) is 0 Å². The van der Waals surface area contributed by atoms with Crippen molar-refractivity contribution in [3.05, 3.63) is 58.3 Å². The van der Waals surface area contributed by atoms with Gasteiger partial charge in [-0.05, 0) is 18.4 Å². The average Bonchev–Trinajstić information content (AvgIpc) is 3.20. The van der Waals surface area contributed by atoms with Gasteiger partial charge < -0.3 is 19.8 Å². The molecule has 2 fully saturated rings. The van der Waals surface area contributed by atoms with Crippen molar-refractivity contribution in [3.63, 3.8) is 0 Å². The van der Waals surface area contributed by atoms with Crippen molar-refractivity contribution < 1.29 is 14.4 Å². The molecule has 27 heavy (non-hydrogen) atoms. The fourth-order valence-corrected chi connectivity index (χ4v) is 3.78. The highest BCUT2D eigenvalue weighted by atomic mass is 16.2. The van der Waals surface area contributed by atoms with Gasteiger partial charge >= 0.3 is 11.7 Å². The van der Waals surface area contributed by atoms with Crippen LogP contribution in [0, 0.1) is 0 Å². The number of rotatable bonds is 3. The number of nitrogens with one attached hydrogen (secondary N) is 3. The van der Waals surface area contributed by atoms with Gasteiger partial charge in [0, 0.05) is 25.8 Å². The maximum atomic E-state index is 12.6. The van der Waals surface area contributed by atoms with Gasteiger partial charge in [-0.25, -0.2) is 9.59 Å². The lowest BCUT2D eigenvalue weighted by atomic mass is 9.85. The molecular weight excluding hydrogens is 350 g/mol. The van der Waals surface area contributed by atoms with E-state index in [4.69, 9.17) is 0 Å². The van der Waals surface area contributed by atoms with E-state index >= 15 is 0 Å². The number of piperidine rings is 1. The summed E-state index contributed by atoms with van der Waals surface area (Å²) < 4.78 is 0. The van der Waals surface area contributed by atoms with Crippen LogP contribution < -0.4 is 11.0 Å². The summed E-state index contributed by atoms with van der Waals surface area (Å²) in [5, 5.41) is 2.42. The number of urea groups is 1. The smallest absolute Gasteiger partial charge is 0.325 e. The van der Waals surface area contributed by atoms with Crippen LogP contribution in [0.5, 0.6) is 0 Å². The molecule has 9 heteroatoms. The quantitative estimate of drug-likeness (QED) is 0.680. The number of carbonyl (C=O) groups is 3. The zero-order chi connectivity index (χ0) is 19.0. The van der Waals surface area contributed by atoms with E-state index in [0.717, 1.165) is 5.56 Å². The molecule has 4 amide bonds. The second-order valence-electron chi connectivity index (χ2n) is 6.81. The molecule has 1 aromatic heterocycles. The highest BCUT2D eigenvalue weighted by Gasteiger charge is 2.54. The van der Waals surface area contributed by atoms with Gasteiger partial charge in [0.15, 0.2) is 0 Å². The van der Waals surface area contributed by atoms with Crippen LogP contribution in [0.15, 0.2) is 41.3 Å². The number of nitrogens with zero attached hydrogens (tertiary/aromatic N) is 2. The summed E-state index contributed by atoms with van der Waals surface area (Å²) in [5.41, 5.74) is -0.272. The molecule has 0 radical (unpaired) electrons. The summed E-state index contributed by atoms with van der Waals surface area (Å²) in [6, 6.07) is 9.07. The molecular formula is C18H19N5O4. The molecule has 1 spiro atoms. The first-order valence-electron chi connectivity index (χ1n) is 8.73. The Kier molecular flexibility index (Phi) is 4.06. The van der Waals surface area contributed by atoms with Crippen molar-refractivity contribution in [2.24, 2.45) is 0 Å². The number of hydrogen-bond donors (Lipinski definition) is 3. The molecule has 2 aliphatic heterocycles. The van der Waals surface area contributed by atoms with Crippen LogP contribution in [0.1, 0.15) is 28.9 Å². The summed E-state index contributed by atoms with van der Waals surface area (Å²) in [4.78, 5) is 56.7. The summed E-state index contributed by atoms with van der Waals surface area (Å²) in [5.74, 6) is -0.617. The van der Waals surface area contributed by atoms with E-state index in [9.17, 15) is 19.2 Å². The van der Waals surface area contributed by atoms with Crippen LogP contribution in [-0.2, 0) is 11.3 Å². The normalized spacial score (nSPS) is 18.8. The van der Waals surface area contributed by atoms with E-state index in [0.29, 0.717) is 32.5 Å². The van der Waals surface area contributed by atoms with Crippen LogP contribution in [0.25, 0.3) is 0 Å². The Morgan fingerprint density at radius 3 is 2.41 bits per heavy atom. The largest absolute Gasteiger partial charge is 0.337 e. The van der Waals surface area contributed by atoms with E-state index < -0.39 is 17.3 Å². The highest BCUT2D eigenvalue weighted by molar-refractivity contribution is 6.07. The Bertz CT molecular complexity index is 940. The molecule has 3 N–H and O–H groups in total. The van der Waals surface area contributed by atoms with Crippen LogP contribution in [-0.4, -0.2) is 56.2 Å². The Morgan fingerprint density at radius 2 is 1.78 bits per heavy atom. The summed E-state index contributed by atoms with van der Waals surface area (Å²) in [6.07, 6.45) is 2.03. The molecule has 9 nitrogen and oxygen atoms in total. The molecule has 1 aromatic carbocycles. The second-order valence-corrected chi connectivity index (χ2v) is 6.81. The lowest BCUT2D eigenvalue weighted by molar-refractivity contribution is -0.129. The molecule has 140 valence electrons. The topological polar surface area (TPSA) is 118 Å². The van der Waals surface area contributed by atoms with E-state index in [1.54, 1.807) is 9.80 Å². The van der Waals surface area contributed by atoms with E-state index in [2.05, 4.69) is 15.3 Å². The van der Waals surface area contributed by atoms with Crippen molar-refractivity contribution >= 4 is 17.8 Å². The third-order valence-electron chi connectivity index (χ3n) is 5.29. The van der Waals surface area contributed by atoms with Crippen LogP contribution in [0.4, 0.5) is 4.79 Å². The number of H-pyrrole nitrogens is 2. The van der Waals surface area contributed by atoms with Crippen LogP contribution in [0.3, 0.4) is 0 Å². The molecule has 2 aromatic rings. The fourth-order valence-electron chi connectivity index (χ4n) is 3.78. The molecule has 0 aliphatic carbocycles. The maximum Gasteiger partial charge on any atom is 0.325 e. The Balaban J connectivity index is 1.52. The minimum atomic E-state index is -0.949. The van der Waals surface area contributed by atoms with Gasteiger partial charge in [-0.1, -0.05) is 30.3 Å². The standard InChI is InChI=1S/C18H19N5O4/c24-14(13-10-19-16(26)20-13)22-8-6-18(7-9-22)15(25)21-17(27)23(18)11-12-4-2-1-3-5-12/h1-5,10H,6-9,11H2,(H2,19,20,26)(H,21,25,27). The van der Waals surface area contributed by atoms with Gasteiger partial charge in [0.05, 0.1) is 0 Å². The Labute approximate surface area is 154 Å². The predicted octanol–water partition coefficient (Wildman–Crippen LogP) is 0.430. The minimum absolute atomic E-state index is 0.184. The molecule has 0 atom stereocenters. The third kappa shape index (κ3) is 2.90. The third-order valence-corrected chi connectivity index (χ3v) is 5.29. The summed E-state index contributed by atoms with van der Waals surface area (Å²) in [7, 11) is 0. The molecule has 4 rings (SSSR count). The van der Waals surface area contributed by atoms with Crippen molar-refractivity contribution in [2.45, 2.75) is 24.9 Å². The van der Waals surface area contributed by atoms with Gasteiger partial charge in [-0.15, -0.1) is 0 Å². The molecule has 3 heterocycles. The number of amides is 4. The van der Waals surface area contributed by atoms with Gasteiger partial charge in [-0.2, -0.15) is 0 Å². The molecule has 0 saturated carbocycles. The zero-order valence-electron chi connectivity index (χ0n) is 14.5. The predicted molar refractivity (Wildman–Crippen MR) is 94.8 cm³/mol. The number of likely N-dealkylation sites (tertiary alicyclic amines) is 1. The van der Waals surface area contributed by atoms with Crippen molar-refractivity contribution in [1.29, 1.82) is 0 Å². The minimum Gasteiger partial charge on any atom is -0.337 e. The van der Waals surface area contributed by atoms with Crippen molar-refractivity contribution in [2.75, 3.05) is 13.1 Å². The van der Waals surface area contributed by atoms with Gasteiger partial charge in [0.25, 0.3) is 11.8 Å². The zero-order valence-corrected chi connectivity index (χ0v) is 14.5. The number of imide groups is 1. The molecule has 2 saturated heterocycles. The molecule has 2 aliphatic rings. The Morgan fingerprint density at radius 1 is 1.07 bits per heavy atom. The summed E-state index contributed by atoms with van der Waals surface area (Å²) in [6.45, 7) is 0.966. The number of benzene rings is 1. The van der Waals surface area contributed by atoms with Gasteiger partial charge in [-0.3, -0.25) is 14.9 Å². The van der Waals surface area contributed by atoms with E-state index in [1.165, 1.54) is 6.20 Å². The number of hydrogen-bond acceptors (Lipinski definition) is 4. The molecule has 0 unspecified atom stereocenters. The van der Waals surface area contributed by atoms with E-state index in [-0.39, 0.29) is 17.5 Å². The monoisotopic (exact) mass is 369 g/mol. The number of aromatic amines is 2. The van der Waals surface area contributed by atoms with Gasteiger partial charge in [0.1, 0.15) is 11.2 Å². The fraction of sp³-hybridized carbons (Fsp3) is 0.333. The van der Waals surface area contributed by atoms with E-state index in [1.807, 2.05) is 30.3 Å². The van der Waals surface area contributed by atoms with Crippen LogP contribution >= 0.6 is 0 Å². The number of imidazole rings is 1. The first-order valence-corrected chi connectivity index (χ1v) is 8.73. The average molecular weight is 369 g/mol. The lowest BCUT2D eigenvalue weighted by Gasteiger charge is -2.42. The number of aromatic nitrogens is 2. The maximum absolute atomic E-state index is 12.6. The SMILES string of the molecule is O=C(c1c[nH]c(=O)[nH]1)N1CCC2(CC1)C(=O)NC(=O)N2Cc1ccccc1. The molecule has 0 bridgehead atoms. The first kappa shape index (κ1) is 17.1. The first-order chi connectivity index (χ1) is 13.0. The summed E-state index contributed by atoms with van der Waals surface area (Å²) >= 11 is 0. The van der Waals surface area contributed by atoms with Crippen molar-refractivity contribution in [1.82, 2.24) is 25.1 Å². The second kappa shape index (κ2) is 6.42. The number of carbonyl (C=O) groups excluding carboxylic acids is 3. The van der Waals surface area contributed by atoms with Gasteiger partial charge in [0.2, 0.25) is 0 Å². The Hall–Kier alpha value is -3.36.